The van der Waals surface area contributed by atoms with Crippen molar-refractivity contribution in [1.82, 2.24) is 14.5 Å². The highest BCUT2D eigenvalue weighted by molar-refractivity contribution is 7.03. The monoisotopic (exact) mass is 233 g/mol. The van der Waals surface area contributed by atoms with Gasteiger partial charge in [-0.1, -0.05) is 10.7 Å². The van der Waals surface area contributed by atoms with Crippen LogP contribution in [0.1, 0.15) is 32.1 Å². The lowest BCUT2D eigenvalue weighted by atomic mass is 10.2. The van der Waals surface area contributed by atoms with Crippen molar-refractivity contribution in [2.45, 2.75) is 26.2 Å². The molecule has 16 heavy (non-hydrogen) atoms. The van der Waals surface area contributed by atoms with Crippen LogP contribution >= 0.6 is 11.5 Å². The number of hydrogen-bond donors (Lipinski definition) is 0. The SMILES string of the molecule is CC1=C(c2nc(-c3ccsn3)no2)CCC1. The molecule has 3 rings (SSSR count). The predicted molar refractivity (Wildman–Crippen MR) is 61.9 cm³/mol. The predicted octanol–water partition coefficient (Wildman–Crippen LogP) is 3.15. The smallest absolute Gasteiger partial charge is 0.254 e. The summed E-state index contributed by atoms with van der Waals surface area (Å²) in [5.74, 6) is 1.25. The van der Waals surface area contributed by atoms with Gasteiger partial charge in [0.05, 0.1) is 0 Å². The Kier molecular flexibility index (Phi) is 2.32. The van der Waals surface area contributed by atoms with Gasteiger partial charge < -0.3 is 4.52 Å². The van der Waals surface area contributed by atoms with Crippen molar-refractivity contribution in [2.75, 3.05) is 0 Å². The zero-order valence-electron chi connectivity index (χ0n) is 8.93. The third-order valence-corrected chi connectivity index (χ3v) is 3.40. The number of allylic oxidation sites excluding steroid dienone is 2. The van der Waals surface area contributed by atoms with Crippen LogP contribution in [-0.2, 0) is 0 Å². The van der Waals surface area contributed by atoms with Gasteiger partial charge in [-0.05, 0) is 43.8 Å². The topological polar surface area (TPSA) is 51.8 Å². The summed E-state index contributed by atoms with van der Waals surface area (Å²) in [5.41, 5.74) is 3.37. The molecule has 0 atom stereocenters. The van der Waals surface area contributed by atoms with Crippen molar-refractivity contribution in [1.29, 1.82) is 0 Å². The molecule has 0 amide bonds. The molecule has 0 aromatic carbocycles. The van der Waals surface area contributed by atoms with Crippen LogP contribution in [0.3, 0.4) is 0 Å². The minimum Gasteiger partial charge on any atom is -0.334 e. The molecule has 1 aliphatic rings. The number of hydrogen-bond acceptors (Lipinski definition) is 5. The molecule has 1 aliphatic carbocycles. The van der Waals surface area contributed by atoms with Crippen molar-refractivity contribution >= 4 is 17.1 Å². The van der Waals surface area contributed by atoms with E-state index in [0.717, 1.165) is 18.5 Å². The Labute approximate surface area is 97.2 Å². The van der Waals surface area contributed by atoms with Crippen LogP contribution in [0.5, 0.6) is 0 Å². The molecule has 0 N–H and O–H groups in total. The maximum absolute atomic E-state index is 5.29. The number of rotatable bonds is 2. The summed E-state index contributed by atoms with van der Waals surface area (Å²) in [6, 6.07) is 1.90. The van der Waals surface area contributed by atoms with E-state index in [1.54, 1.807) is 0 Å². The molecule has 4 nitrogen and oxygen atoms in total. The van der Waals surface area contributed by atoms with E-state index in [0.29, 0.717) is 11.7 Å². The Morgan fingerprint density at radius 1 is 1.38 bits per heavy atom. The van der Waals surface area contributed by atoms with Crippen LogP contribution in [0.2, 0.25) is 0 Å². The third kappa shape index (κ3) is 1.57. The summed E-state index contributed by atoms with van der Waals surface area (Å²) in [6.07, 6.45) is 3.38. The van der Waals surface area contributed by atoms with E-state index in [-0.39, 0.29) is 0 Å². The van der Waals surface area contributed by atoms with Gasteiger partial charge in [0.2, 0.25) is 5.82 Å². The first kappa shape index (κ1) is 9.72. The van der Waals surface area contributed by atoms with Gasteiger partial charge >= 0.3 is 0 Å². The average molecular weight is 233 g/mol. The summed E-state index contributed by atoms with van der Waals surface area (Å²) in [5, 5.41) is 5.87. The fourth-order valence-corrected chi connectivity index (χ4v) is 2.47. The molecule has 82 valence electrons. The van der Waals surface area contributed by atoms with Crippen LogP contribution < -0.4 is 0 Å². The molecular weight excluding hydrogens is 222 g/mol. The van der Waals surface area contributed by atoms with Crippen molar-refractivity contribution in [3.8, 4) is 11.5 Å². The Morgan fingerprint density at radius 3 is 3.00 bits per heavy atom. The maximum Gasteiger partial charge on any atom is 0.254 e. The number of nitrogens with zero attached hydrogens (tertiary/aromatic N) is 3. The van der Waals surface area contributed by atoms with E-state index in [4.69, 9.17) is 4.52 Å². The summed E-state index contributed by atoms with van der Waals surface area (Å²) < 4.78 is 9.47. The third-order valence-electron chi connectivity index (χ3n) is 2.84. The van der Waals surface area contributed by atoms with E-state index in [1.165, 1.54) is 29.1 Å². The van der Waals surface area contributed by atoms with E-state index in [9.17, 15) is 0 Å². The van der Waals surface area contributed by atoms with Crippen molar-refractivity contribution < 1.29 is 4.52 Å². The molecule has 0 radical (unpaired) electrons. The van der Waals surface area contributed by atoms with Crippen molar-refractivity contribution in [2.24, 2.45) is 0 Å². The van der Waals surface area contributed by atoms with Gasteiger partial charge in [0.15, 0.2) is 0 Å². The summed E-state index contributed by atoms with van der Waals surface area (Å²) >= 11 is 1.39. The molecule has 0 fully saturated rings. The van der Waals surface area contributed by atoms with Gasteiger partial charge in [0.1, 0.15) is 5.69 Å². The first-order chi connectivity index (χ1) is 7.84. The zero-order valence-corrected chi connectivity index (χ0v) is 9.75. The summed E-state index contributed by atoms with van der Waals surface area (Å²) in [4.78, 5) is 4.39. The molecule has 0 spiro atoms. The average Bonchev–Trinajstić information content (AvgIpc) is 2.96. The molecular formula is C11H11N3OS. The Balaban J connectivity index is 1.97. The van der Waals surface area contributed by atoms with Crippen LogP contribution in [0, 0.1) is 0 Å². The molecule has 0 saturated carbocycles. The fourth-order valence-electron chi connectivity index (χ4n) is 1.96. The van der Waals surface area contributed by atoms with E-state index < -0.39 is 0 Å². The second-order valence-corrected chi connectivity index (χ2v) is 4.59. The van der Waals surface area contributed by atoms with Gasteiger partial charge in [-0.25, -0.2) is 0 Å². The zero-order chi connectivity index (χ0) is 11.0. The van der Waals surface area contributed by atoms with Crippen LogP contribution in [0.15, 0.2) is 21.5 Å². The standard InChI is InChI=1S/C11H11N3OS/c1-7-3-2-4-8(7)11-12-10(13-15-11)9-5-6-16-14-9/h5-6H,2-4H2,1H3. The van der Waals surface area contributed by atoms with Gasteiger partial charge in [0, 0.05) is 11.0 Å². The van der Waals surface area contributed by atoms with E-state index >= 15 is 0 Å². The van der Waals surface area contributed by atoms with E-state index in [1.807, 2.05) is 11.4 Å². The molecule has 0 saturated heterocycles. The van der Waals surface area contributed by atoms with Gasteiger partial charge in [-0.15, -0.1) is 0 Å². The molecule has 0 bridgehead atoms. The van der Waals surface area contributed by atoms with Crippen molar-refractivity contribution in [3.63, 3.8) is 0 Å². The first-order valence-electron chi connectivity index (χ1n) is 5.28. The highest BCUT2D eigenvalue weighted by Crippen LogP contribution is 2.33. The summed E-state index contributed by atoms with van der Waals surface area (Å²) in [6.45, 7) is 2.13. The van der Waals surface area contributed by atoms with Crippen molar-refractivity contribution in [3.05, 3.63) is 22.9 Å². The van der Waals surface area contributed by atoms with Gasteiger partial charge in [-0.2, -0.15) is 9.36 Å². The van der Waals surface area contributed by atoms with Crippen LogP contribution in [-0.4, -0.2) is 14.5 Å². The summed E-state index contributed by atoms with van der Waals surface area (Å²) in [7, 11) is 0. The lowest BCUT2D eigenvalue weighted by Gasteiger charge is -1.94. The second kappa shape index (κ2) is 3.83. The van der Waals surface area contributed by atoms with Gasteiger partial charge in [-0.3, -0.25) is 0 Å². The van der Waals surface area contributed by atoms with Crippen LogP contribution in [0.25, 0.3) is 17.1 Å². The number of aromatic nitrogens is 3. The second-order valence-electron chi connectivity index (χ2n) is 3.92. The molecule has 0 unspecified atom stereocenters. The first-order valence-corrected chi connectivity index (χ1v) is 6.12. The van der Waals surface area contributed by atoms with Crippen LogP contribution in [0.4, 0.5) is 0 Å². The molecule has 0 aliphatic heterocycles. The lowest BCUT2D eigenvalue weighted by Crippen LogP contribution is -1.83. The maximum atomic E-state index is 5.29. The highest BCUT2D eigenvalue weighted by Gasteiger charge is 2.19. The highest BCUT2D eigenvalue weighted by atomic mass is 32.1. The lowest BCUT2D eigenvalue weighted by molar-refractivity contribution is 0.407. The Morgan fingerprint density at radius 2 is 2.31 bits per heavy atom. The fraction of sp³-hybridized carbons (Fsp3) is 0.364. The van der Waals surface area contributed by atoms with E-state index in [2.05, 4.69) is 21.4 Å². The largest absolute Gasteiger partial charge is 0.334 e. The molecule has 5 heteroatoms. The minimum absolute atomic E-state index is 0.587. The Hall–Kier alpha value is -1.49. The molecule has 2 aromatic heterocycles. The normalized spacial score (nSPS) is 16.1. The van der Waals surface area contributed by atoms with Gasteiger partial charge in [0.25, 0.3) is 5.89 Å². The quantitative estimate of drug-likeness (QED) is 0.799. The molecule has 2 heterocycles. The minimum atomic E-state index is 0.587. The Bertz CT molecular complexity index is 527. The molecule has 2 aromatic rings.